The van der Waals surface area contributed by atoms with Gasteiger partial charge < -0.3 is 27.1 Å². The van der Waals surface area contributed by atoms with E-state index in [1.165, 1.54) is 0 Å². The van der Waals surface area contributed by atoms with E-state index in [2.05, 4.69) is 235 Å². The first kappa shape index (κ1) is 31.4. The molecule has 0 unspecified atom stereocenters. The van der Waals surface area contributed by atoms with Gasteiger partial charge in [0.15, 0.2) is 0 Å². The Labute approximate surface area is 314 Å². The van der Waals surface area contributed by atoms with Gasteiger partial charge in [0.25, 0.3) is 0 Å². The lowest BCUT2D eigenvalue weighted by molar-refractivity contribution is -0.619. The first-order chi connectivity index (χ1) is 26.4. The summed E-state index contributed by atoms with van der Waals surface area (Å²) in [6.45, 7) is -9.13. The van der Waals surface area contributed by atoms with Gasteiger partial charge in [0.05, 0.1) is 53.0 Å². The van der Waals surface area contributed by atoms with E-state index in [1.54, 1.807) is 0 Å². The van der Waals surface area contributed by atoms with Gasteiger partial charge in [-0.2, -0.15) is 0 Å². The van der Waals surface area contributed by atoms with Crippen LogP contribution in [0, 0.1) is 0 Å². The van der Waals surface area contributed by atoms with E-state index in [9.17, 15) is 0 Å². The van der Waals surface area contributed by atoms with Crippen LogP contribution in [0.2, 0.25) is 0 Å². The number of imidazole rings is 4. The number of aromatic nitrogens is 8. The lowest BCUT2D eigenvalue weighted by Gasteiger charge is -2.63. The molecule has 264 valence electrons. The Morgan fingerprint density at radius 3 is 0.741 bits per heavy atom. The van der Waals surface area contributed by atoms with Crippen LogP contribution in [-0.2, 0) is 37.3 Å². The molecular weight excluding hydrogens is 668 g/mol. The monoisotopic (exact) mass is 708 g/mol. The quantitative estimate of drug-likeness (QED) is 0.183. The highest BCUT2D eigenvalue weighted by atomic mass is 16.5. The predicted molar refractivity (Wildman–Crippen MR) is 212 cm³/mol. The zero-order chi connectivity index (χ0) is 36.5. The Hall–Kier alpha value is -6.10. The SMILES string of the molecule is Cn1cc[n+]2c1[B@@-]1(c3ccccc3)O[B@-]3(c4ccccc4)c4n(C)cc[n+]4[B@-](c4ccccc4)(O[B@-]2(c2ccccc2)c2n(C)cc[n+]21)c1n(C)cc[n+]13. The summed E-state index contributed by atoms with van der Waals surface area (Å²) in [7, 11) is 8.57. The van der Waals surface area contributed by atoms with Crippen LogP contribution in [0.4, 0.5) is 0 Å². The summed E-state index contributed by atoms with van der Waals surface area (Å²) in [6, 6.07) is 43.1. The molecule has 8 aromatic rings. The van der Waals surface area contributed by atoms with Crippen molar-refractivity contribution in [1.29, 1.82) is 0 Å². The van der Waals surface area contributed by atoms with Crippen molar-refractivity contribution >= 4 is 70.7 Å². The molecule has 54 heavy (non-hydrogen) atoms. The van der Waals surface area contributed by atoms with Gasteiger partial charge in [0, 0.05) is 0 Å². The molecule has 4 atom stereocenters. The fourth-order valence-electron chi connectivity index (χ4n) is 11.2. The molecule has 0 saturated carbocycles. The summed E-state index contributed by atoms with van der Waals surface area (Å²) in [5.74, 6) is 0. The topological polar surface area (TPSA) is 53.7 Å². The minimum Gasteiger partial charge on any atom is -0.722 e. The lowest BCUT2D eigenvalue weighted by atomic mass is 9.27. The fraction of sp³-hybridized carbons (Fsp3) is 0.100. The normalized spacial score (nSPS) is 24.8. The summed E-state index contributed by atoms with van der Waals surface area (Å²) in [4.78, 5) is 0. The smallest absolute Gasteiger partial charge is 0.407 e. The first-order valence-electron chi connectivity index (χ1n) is 18.9. The van der Waals surface area contributed by atoms with Crippen molar-refractivity contribution in [2.45, 2.75) is 0 Å². The molecule has 14 heteroatoms. The van der Waals surface area contributed by atoms with Crippen molar-refractivity contribution in [2.24, 2.45) is 28.2 Å². The van der Waals surface area contributed by atoms with Gasteiger partial charge in [-0.25, -0.2) is 0 Å². The molecule has 8 heterocycles. The van der Waals surface area contributed by atoms with Crippen molar-refractivity contribution < 1.29 is 27.1 Å². The number of aryl methyl sites for hydroxylation is 4. The average molecular weight is 708 g/mol. The van der Waals surface area contributed by atoms with Gasteiger partial charge >= 0.3 is 25.9 Å². The summed E-state index contributed by atoms with van der Waals surface area (Å²) in [6.07, 6.45) is 17.5. The van der Waals surface area contributed by atoms with Gasteiger partial charge in [-0.15, -0.1) is 21.9 Å². The van der Waals surface area contributed by atoms with E-state index in [0.717, 1.165) is 44.7 Å². The van der Waals surface area contributed by atoms with Crippen LogP contribution < -0.4 is 62.7 Å². The van der Waals surface area contributed by atoms with E-state index in [4.69, 9.17) is 9.14 Å². The molecule has 0 amide bonds. The maximum Gasteiger partial charge on any atom is 0.407 e. The third-order valence-corrected chi connectivity index (χ3v) is 13.1. The van der Waals surface area contributed by atoms with Crippen LogP contribution in [-0.4, -0.2) is 44.2 Å². The molecule has 0 radical (unpaired) electrons. The van der Waals surface area contributed by atoms with Crippen molar-refractivity contribution in [3.8, 4) is 0 Å². The lowest BCUT2D eigenvalue weighted by Crippen LogP contribution is -3.13. The largest absolute Gasteiger partial charge is 0.722 e. The molecule has 4 bridgehead atoms. The summed E-state index contributed by atoms with van der Waals surface area (Å²) < 4.78 is 36.0. The standard InChI is InChI=1S/C40H40B4N8O2/c1-45-25-29-49-37(45)41(33-17-9-5-10-18-33)50-30-26-46(2)38(50)42(49,34-19-11-6-12-20-34)54-44(36-23-15-8-16-24-36)40-48(4)27-31-51(40)43(53-41,35-21-13-7-14-22-35)39-47(3)28-32-52(39)44/h5-32H,1-4H3/t41-,42-,43-,44-/m1/s1. The van der Waals surface area contributed by atoms with Gasteiger partial charge in [-0.1, -0.05) is 121 Å². The summed E-state index contributed by atoms with van der Waals surface area (Å²) in [5, 5.41) is 0. The molecule has 0 aliphatic carbocycles. The van der Waals surface area contributed by atoms with Crippen LogP contribution in [0.25, 0.3) is 0 Å². The van der Waals surface area contributed by atoms with Crippen LogP contribution in [0.15, 0.2) is 171 Å². The number of hydrogen-bond acceptors (Lipinski definition) is 2. The van der Waals surface area contributed by atoms with Crippen LogP contribution in [0.1, 0.15) is 0 Å². The zero-order valence-electron chi connectivity index (χ0n) is 30.9. The third kappa shape index (κ3) is 3.53. The molecule has 12 rings (SSSR count). The van der Waals surface area contributed by atoms with Gasteiger partial charge in [-0.05, 0) is 0 Å². The Morgan fingerprint density at radius 2 is 0.537 bits per heavy atom. The van der Waals surface area contributed by atoms with Crippen LogP contribution in [0.3, 0.4) is 0 Å². The van der Waals surface area contributed by atoms with Crippen molar-refractivity contribution in [3.05, 3.63) is 171 Å². The summed E-state index contributed by atoms with van der Waals surface area (Å²) >= 11 is 0. The van der Waals surface area contributed by atoms with E-state index in [0.29, 0.717) is 0 Å². The van der Waals surface area contributed by atoms with Crippen LogP contribution >= 0.6 is 0 Å². The van der Waals surface area contributed by atoms with E-state index >= 15 is 0 Å². The van der Waals surface area contributed by atoms with E-state index < -0.39 is 25.9 Å². The molecule has 0 saturated heterocycles. The molecule has 4 aliphatic rings. The minimum absolute atomic E-state index is 1.01. The van der Waals surface area contributed by atoms with E-state index in [1.807, 2.05) is 0 Å². The zero-order valence-corrected chi connectivity index (χ0v) is 30.9. The fourth-order valence-corrected chi connectivity index (χ4v) is 11.2. The maximum atomic E-state index is 8.63. The second kappa shape index (κ2) is 10.7. The molecule has 10 nitrogen and oxygen atoms in total. The highest BCUT2D eigenvalue weighted by Gasteiger charge is 2.69. The molecule has 4 aliphatic heterocycles. The Kier molecular flexibility index (Phi) is 6.25. The van der Waals surface area contributed by atoms with Crippen molar-refractivity contribution in [3.63, 3.8) is 0 Å². The highest BCUT2D eigenvalue weighted by molar-refractivity contribution is 7.08. The maximum absolute atomic E-state index is 8.63. The van der Waals surface area contributed by atoms with Gasteiger partial charge in [0.2, 0.25) is 0 Å². The van der Waals surface area contributed by atoms with E-state index in [-0.39, 0.29) is 0 Å². The second-order valence-corrected chi connectivity index (χ2v) is 15.6. The Balaban J connectivity index is 1.45. The predicted octanol–water partition coefficient (Wildman–Crippen LogP) is -3.02. The minimum atomic E-state index is -2.28. The van der Waals surface area contributed by atoms with Crippen LogP contribution in [0.5, 0.6) is 0 Å². The van der Waals surface area contributed by atoms with Gasteiger partial charge in [-0.3, -0.25) is 18.3 Å². The van der Waals surface area contributed by atoms with Gasteiger partial charge in [0.1, 0.15) is 47.7 Å². The molecule has 4 aromatic carbocycles. The highest BCUT2D eigenvalue weighted by Crippen LogP contribution is 2.23. The molecular formula is C40H40B4N8O2. The Morgan fingerprint density at radius 1 is 0.333 bits per heavy atom. The number of hydrogen-bond donors (Lipinski definition) is 0. The second-order valence-electron chi connectivity index (χ2n) is 15.6. The summed E-state index contributed by atoms with van der Waals surface area (Å²) in [5.41, 5.74) is 8.28. The number of benzene rings is 4. The average Bonchev–Trinajstić information content (AvgIpc) is 4.02. The Bertz CT molecular complexity index is 2380. The molecule has 0 fully saturated rings. The number of rotatable bonds is 4. The van der Waals surface area contributed by atoms with Crippen molar-refractivity contribution in [1.82, 2.24) is 18.3 Å². The number of nitrogens with zero attached hydrogens (tertiary/aromatic N) is 8. The molecule has 0 spiro atoms. The first-order valence-corrected chi connectivity index (χ1v) is 18.9. The third-order valence-electron chi connectivity index (χ3n) is 13.1. The molecule has 4 aromatic heterocycles. The van der Waals surface area contributed by atoms with Crippen molar-refractivity contribution in [2.75, 3.05) is 0 Å². The number of fused-ring (bicyclic) bond motifs is 1. The molecule has 0 N–H and O–H groups in total.